The molecule has 0 saturated carbocycles. The van der Waals surface area contributed by atoms with Gasteiger partial charge >= 0.3 is 0 Å². The molecule has 0 aliphatic carbocycles. The zero-order chi connectivity index (χ0) is 17.0. The minimum absolute atomic E-state index is 0.0700. The summed E-state index contributed by atoms with van der Waals surface area (Å²) in [6.45, 7) is 5.15. The summed E-state index contributed by atoms with van der Waals surface area (Å²) in [5.41, 5.74) is 3.27. The molecular weight excluding hydrogens is 292 g/mol. The first-order valence-corrected chi connectivity index (χ1v) is 7.60. The second-order valence-corrected chi connectivity index (χ2v) is 5.73. The minimum atomic E-state index is -0.662. The number of ketones is 1. The van der Waals surface area contributed by atoms with Crippen LogP contribution in [0.2, 0.25) is 0 Å². The standard InChI is InChI=1S/C18H22N2O3/c1-11-16(13(3)21)12(2)20-17(11)18(23)19-10-15(22)9-14-7-5-4-6-8-14/h4-8,15,20,22H,9-10H2,1-3H3,(H,19,23). The Balaban J connectivity index is 1.97. The molecule has 2 rings (SSSR count). The smallest absolute Gasteiger partial charge is 0.268 e. The van der Waals surface area contributed by atoms with E-state index in [9.17, 15) is 14.7 Å². The minimum Gasteiger partial charge on any atom is -0.391 e. The number of amides is 1. The van der Waals surface area contributed by atoms with E-state index in [2.05, 4.69) is 10.3 Å². The van der Waals surface area contributed by atoms with Gasteiger partial charge in [0.05, 0.1) is 6.10 Å². The van der Waals surface area contributed by atoms with Crippen molar-refractivity contribution in [2.75, 3.05) is 6.54 Å². The molecule has 0 radical (unpaired) electrons. The van der Waals surface area contributed by atoms with E-state index in [-0.39, 0.29) is 18.2 Å². The van der Waals surface area contributed by atoms with Gasteiger partial charge in [-0.3, -0.25) is 9.59 Å². The van der Waals surface area contributed by atoms with Gasteiger partial charge in [0.1, 0.15) is 5.69 Å². The van der Waals surface area contributed by atoms with Gasteiger partial charge in [-0.15, -0.1) is 0 Å². The molecule has 1 heterocycles. The van der Waals surface area contributed by atoms with Crippen molar-refractivity contribution in [3.05, 3.63) is 58.4 Å². The number of aryl methyl sites for hydroxylation is 1. The van der Waals surface area contributed by atoms with Crippen molar-refractivity contribution in [3.63, 3.8) is 0 Å². The Morgan fingerprint density at radius 3 is 2.43 bits per heavy atom. The van der Waals surface area contributed by atoms with Crippen LogP contribution in [0.1, 0.15) is 44.6 Å². The normalized spacial score (nSPS) is 12.0. The molecule has 122 valence electrons. The molecule has 0 aliphatic rings. The first kappa shape index (κ1) is 17.0. The Hall–Kier alpha value is -2.40. The van der Waals surface area contributed by atoms with E-state index in [1.807, 2.05) is 30.3 Å². The third kappa shape index (κ3) is 4.07. The quantitative estimate of drug-likeness (QED) is 0.715. The van der Waals surface area contributed by atoms with Crippen LogP contribution in [0.5, 0.6) is 0 Å². The van der Waals surface area contributed by atoms with Crippen molar-refractivity contribution in [3.8, 4) is 0 Å². The van der Waals surface area contributed by atoms with Gasteiger partial charge in [-0.05, 0) is 31.9 Å². The Kier molecular flexibility index (Phi) is 5.34. The number of aromatic amines is 1. The number of hydrogen-bond acceptors (Lipinski definition) is 3. The van der Waals surface area contributed by atoms with Crippen LogP contribution in [-0.4, -0.2) is 34.4 Å². The topological polar surface area (TPSA) is 82.2 Å². The largest absolute Gasteiger partial charge is 0.391 e. The number of hydrogen-bond donors (Lipinski definition) is 3. The summed E-state index contributed by atoms with van der Waals surface area (Å²) in [6, 6.07) is 9.61. The van der Waals surface area contributed by atoms with Gasteiger partial charge in [0, 0.05) is 24.2 Å². The van der Waals surface area contributed by atoms with E-state index < -0.39 is 6.10 Å². The number of aromatic nitrogens is 1. The van der Waals surface area contributed by atoms with Crippen LogP contribution < -0.4 is 5.32 Å². The van der Waals surface area contributed by atoms with Gasteiger partial charge in [-0.25, -0.2) is 0 Å². The van der Waals surface area contributed by atoms with Gasteiger partial charge in [-0.2, -0.15) is 0 Å². The molecule has 5 nitrogen and oxygen atoms in total. The van der Waals surface area contributed by atoms with Gasteiger partial charge in [0.25, 0.3) is 5.91 Å². The highest BCUT2D eigenvalue weighted by molar-refractivity contribution is 6.02. The highest BCUT2D eigenvalue weighted by Crippen LogP contribution is 2.18. The molecule has 23 heavy (non-hydrogen) atoms. The summed E-state index contributed by atoms with van der Waals surface area (Å²) >= 11 is 0. The maximum atomic E-state index is 12.2. The predicted octanol–water partition coefficient (Wildman–Crippen LogP) is 2.17. The summed E-state index contributed by atoms with van der Waals surface area (Å²) in [5.74, 6) is -0.385. The molecule has 3 N–H and O–H groups in total. The number of benzene rings is 1. The van der Waals surface area contributed by atoms with Gasteiger partial charge < -0.3 is 15.4 Å². The molecule has 0 spiro atoms. The molecule has 5 heteroatoms. The Morgan fingerprint density at radius 2 is 1.87 bits per heavy atom. The molecule has 0 aliphatic heterocycles. The summed E-state index contributed by atoms with van der Waals surface area (Å²) < 4.78 is 0. The molecule has 1 amide bonds. The molecule has 1 unspecified atom stereocenters. The van der Waals surface area contributed by atoms with Crippen LogP contribution in [0.25, 0.3) is 0 Å². The first-order chi connectivity index (χ1) is 10.9. The Bertz CT molecular complexity index is 705. The lowest BCUT2D eigenvalue weighted by Crippen LogP contribution is -2.33. The molecule has 1 atom stereocenters. The number of H-pyrrole nitrogens is 1. The van der Waals surface area contributed by atoms with E-state index in [1.54, 1.807) is 13.8 Å². The summed E-state index contributed by atoms with van der Waals surface area (Å²) in [7, 11) is 0. The summed E-state index contributed by atoms with van der Waals surface area (Å²) in [6.07, 6.45) is -0.187. The van der Waals surface area contributed by atoms with Crippen molar-refractivity contribution < 1.29 is 14.7 Å². The van der Waals surface area contributed by atoms with Gasteiger partial charge in [-0.1, -0.05) is 30.3 Å². The highest BCUT2D eigenvalue weighted by atomic mass is 16.3. The van der Waals surface area contributed by atoms with Crippen molar-refractivity contribution in [2.45, 2.75) is 33.3 Å². The molecule has 0 fully saturated rings. The maximum Gasteiger partial charge on any atom is 0.268 e. The maximum absolute atomic E-state index is 12.2. The van der Waals surface area contributed by atoms with Crippen molar-refractivity contribution in [1.29, 1.82) is 0 Å². The fourth-order valence-electron chi connectivity index (χ4n) is 2.76. The average Bonchev–Trinajstić information content (AvgIpc) is 2.81. The van der Waals surface area contributed by atoms with E-state index >= 15 is 0 Å². The van der Waals surface area contributed by atoms with Crippen molar-refractivity contribution >= 4 is 11.7 Å². The van der Waals surface area contributed by atoms with Crippen LogP contribution in [-0.2, 0) is 6.42 Å². The zero-order valence-electron chi connectivity index (χ0n) is 13.6. The van der Waals surface area contributed by atoms with Crippen LogP contribution in [0.15, 0.2) is 30.3 Å². The number of Topliss-reactive ketones (excluding diaryl/α,β-unsaturated/α-hetero) is 1. The van der Waals surface area contributed by atoms with Crippen molar-refractivity contribution in [1.82, 2.24) is 10.3 Å². The third-order valence-corrected chi connectivity index (χ3v) is 3.83. The van der Waals surface area contributed by atoms with Crippen molar-refractivity contribution in [2.24, 2.45) is 0 Å². The number of aliphatic hydroxyl groups excluding tert-OH is 1. The number of carbonyl (C=O) groups is 2. The van der Waals surface area contributed by atoms with E-state index in [0.717, 1.165) is 5.56 Å². The van der Waals surface area contributed by atoms with E-state index in [4.69, 9.17) is 0 Å². The molecule has 0 bridgehead atoms. The van der Waals surface area contributed by atoms with Crippen LogP contribution in [0, 0.1) is 13.8 Å². The second-order valence-electron chi connectivity index (χ2n) is 5.73. The molecule has 1 aromatic heterocycles. The highest BCUT2D eigenvalue weighted by Gasteiger charge is 2.20. The van der Waals surface area contributed by atoms with Gasteiger partial charge in [0.2, 0.25) is 0 Å². The summed E-state index contributed by atoms with van der Waals surface area (Å²) in [4.78, 5) is 26.8. The van der Waals surface area contributed by atoms with Crippen LogP contribution in [0.3, 0.4) is 0 Å². The number of carbonyl (C=O) groups excluding carboxylic acids is 2. The van der Waals surface area contributed by atoms with Gasteiger partial charge in [0.15, 0.2) is 5.78 Å². The monoisotopic (exact) mass is 314 g/mol. The summed E-state index contributed by atoms with van der Waals surface area (Å²) in [5, 5.41) is 12.7. The Labute approximate surface area is 135 Å². The van der Waals surface area contributed by atoms with E-state index in [1.165, 1.54) is 6.92 Å². The molecule has 1 aromatic carbocycles. The second kappa shape index (κ2) is 7.24. The Morgan fingerprint density at radius 1 is 1.22 bits per heavy atom. The van der Waals surface area contributed by atoms with Crippen LogP contribution in [0.4, 0.5) is 0 Å². The van der Waals surface area contributed by atoms with Crippen LogP contribution >= 0.6 is 0 Å². The fourth-order valence-corrected chi connectivity index (χ4v) is 2.76. The number of nitrogens with one attached hydrogen (secondary N) is 2. The molecule has 0 saturated heterocycles. The van der Waals surface area contributed by atoms with E-state index in [0.29, 0.717) is 28.9 Å². The SMILES string of the molecule is CC(=O)c1c(C)[nH]c(C(=O)NCC(O)Cc2ccccc2)c1C. The predicted molar refractivity (Wildman–Crippen MR) is 88.8 cm³/mol. The number of rotatable bonds is 6. The zero-order valence-corrected chi connectivity index (χ0v) is 13.6. The lowest BCUT2D eigenvalue weighted by Gasteiger charge is -2.12. The fraction of sp³-hybridized carbons (Fsp3) is 0.333. The molecular formula is C18H22N2O3. The number of aliphatic hydroxyl groups is 1. The first-order valence-electron chi connectivity index (χ1n) is 7.60. The molecule has 2 aromatic rings. The lowest BCUT2D eigenvalue weighted by atomic mass is 10.1. The third-order valence-electron chi connectivity index (χ3n) is 3.83. The lowest BCUT2D eigenvalue weighted by molar-refractivity contribution is 0.0911. The average molecular weight is 314 g/mol.